The molecule has 3 atom stereocenters. The number of carbonyl (C=O) groups is 1. The van der Waals surface area contributed by atoms with E-state index in [9.17, 15) is 14.4 Å². The number of pyridine rings is 1. The number of hydrogen-bond acceptors (Lipinski definition) is 5. The number of nitrogens with zero attached hydrogens (tertiary/aromatic N) is 4. The van der Waals surface area contributed by atoms with Gasteiger partial charge < -0.3 is 0 Å². The first-order chi connectivity index (χ1) is 17.0. The molecule has 0 bridgehead atoms. The largest absolute Gasteiger partial charge is 0.293 e. The van der Waals surface area contributed by atoms with Gasteiger partial charge in [-0.15, -0.1) is 0 Å². The smallest absolute Gasteiger partial charge is 0.176 e. The van der Waals surface area contributed by atoms with E-state index in [-0.39, 0.29) is 34.9 Å². The van der Waals surface area contributed by atoms with E-state index in [1.807, 2.05) is 37.3 Å². The molecule has 2 aromatic heterocycles. The SMILES string of the molecule is CC1C(=O)C(C#N)=CC2c3nc(-c4ccc5ncccc5c4)nc(-c4ccccc4F)c3CCC12. The molecular weight excluding hydrogens is 439 g/mol. The highest BCUT2D eigenvalue weighted by atomic mass is 19.1. The van der Waals surface area contributed by atoms with E-state index in [0.29, 0.717) is 23.5 Å². The summed E-state index contributed by atoms with van der Waals surface area (Å²) >= 11 is 0. The molecule has 0 fully saturated rings. The van der Waals surface area contributed by atoms with Gasteiger partial charge in [-0.05, 0) is 55.2 Å². The van der Waals surface area contributed by atoms with E-state index < -0.39 is 0 Å². The topological polar surface area (TPSA) is 79.5 Å². The van der Waals surface area contributed by atoms with Gasteiger partial charge in [0.05, 0.1) is 22.5 Å². The second-order valence-corrected chi connectivity index (χ2v) is 9.22. The lowest BCUT2D eigenvalue weighted by atomic mass is 9.66. The van der Waals surface area contributed by atoms with Crippen LogP contribution in [-0.4, -0.2) is 20.7 Å². The number of ketones is 1. The summed E-state index contributed by atoms with van der Waals surface area (Å²) in [4.78, 5) is 27.0. The first kappa shape index (κ1) is 21.3. The number of rotatable bonds is 2. The number of nitriles is 1. The maximum Gasteiger partial charge on any atom is 0.176 e. The van der Waals surface area contributed by atoms with Crippen molar-refractivity contribution in [3.8, 4) is 28.7 Å². The van der Waals surface area contributed by atoms with Crippen LogP contribution in [-0.2, 0) is 11.2 Å². The summed E-state index contributed by atoms with van der Waals surface area (Å²) in [6.07, 6.45) is 4.91. The third-order valence-electron chi connectivity index (χ3n) is 7.32. The van der Waals surface area contributed by atoms with E-state index in [4.69, 9.17) is 9.97 Å². The van der Waals surface area contributed by atoms with Crippen LogP contribution in [0.5, 0.6) is 0 Å². The molecule has 2 aromatic carbocycles. The first-order valence-corrected chi connectivity index (χ1v) is 11.7. The number of aromatic nitrogens is 3. The number of allylic oxidation sites excluding steroid dienone is 2. The fraction of sp³-hybridized carbons (Fsp3) is 0.207. The van der Waals surface area contributed by atoms with Crippen LogP contribution in [0.15, 0.2) is 72.4 Å². The number of Topliss-reactive ketones (excluding diaryl/α,β-unsaturated/α-hetero) is 1. The monoisotopic (exact) mass is 460 g/mol. The van der Waals surface area contributed by atoms with Gasteiger partial charge >= 0.3 is 0 Å². The van der Waals surface area contributed by atoms with Crippen LogP contribution in [0.1, 0.15) is 30.5 Å². The molecule has 4 aromatic rings. The fourth-order valence-electron chi connectivity index (χ4n) is 5.49. The van der Waals surface area contributed by atoms with Crippen molar-refractivity contribution >= 4 is 16.7 Å². The van der Waals surface area contributed by atoms with Crippen molar-refractivity contribution < 1.29 is 9.18 Å². The van der Waals surface area contributed by atoms with Gasteiger partial charge in [0.15, 0.2) is 11.6 Å². The normalized spacial score (nSPS) is 21.1. The Bertz CT molecular complexity index is 1590. The van der Waals surface area contributed by atoms with Crippen molar-refractivity contribution in [2.45, 2.75) is 25.7 Å². The lowest BCUT2D eigenvalue weighted by Gasteiger charge is -2.38. The second kappa shape index (κ2) is 8.21. The highest BCUT2D eigenvalue weighted by Gasteiger charge is 2.42. The van der Waals surface area contributed by atoms with E-state index in [0.717, 1.165) is 34.1 Å². The Morgan fingerprint density at radius 2 is 1.94 bits per heavy atom. The van der Waals surface area contributed by atoms with E-state index >= 15 is 0 Å². The van der Waals surface area contributed by atoms with Crippen molar-refractivity contribution in [1.29, 1.82) is 5.26 Å². The molecule has 2 aliphatic carbocycles. The Balaban J connectivity index is 1.62. The molecule has 3 unspecified atom stereocenters. The van der Waals surface area contributed by atoms with Gasteiger partial charge in [-0.25, -0.2) is 14.4 Å². The van der Waals surface area contributed by atoms with Crippen LogP contribution in [0.4, 0.5) is 4.39 Å². The molecule has 0 saturated carbocycles. The molecule has 0 saturated heterocycles. The molecule has 0 amide bonds. The predicted molar refractivity (Wildman–Crippen MR) is 131 cm³/mol. The molecule has 0 aliphatic heterocycles. The van der Waals surface area contributed by atoms with E-state index in [2.05, 4.69) is 11.1 Å². The molecule has 2 aliphatic rings. The summed E-state index contributed by atoms with van der Waals surface area (Å²) in [5, 5.41) is 10.6. The second-order valence-electron chi connectivity index (χ2n) is 9.22. The summed E-state index contributed by atoms with van der Waals surface area (Å²) in [7, 11) is 0. The Labute approximate surface area is 202 Å². The van der Waals surface area contributed by atoms with Crippen LogP contribution in [0.2, 0.25) is 0 Å². The molecule has 6 rings (SSSR count). The Morgan fingerprint density at radius 3 is 2.77 bits per heavy atom. The van der Waals surface area contributed by atoms with Crippen molar-refractivity contribution in [3.05, 3.63) is 89.5 Å². The maximum atomic E-state index is 15.0. The zero-order chi connectivity index (χ0) is 24.1. The predicted octanol–water partition coefficient (Wildman–Crippen LogP) is 5.81. The Kier molecular flexibility index (Phi) is 5.00. The quantitative estimate of drug-likeness (QED) is 0.377. The number of carbonyl (C=O) groups excluding carboxylic acids is 1. The third-order valence-corrected chi connectivity index (χ3v) is 7.32. The summed E-state index contributed by atoms with van der Waals surface area (Å²) in [6.45, 7) is 1.89. The average Bonchev–Trinajstić information content (AvgIpc) is 2.90. The Hall–Kier alpha value is -4.24. The zero-order valence-corrected chi connectivity index (χ0v) is 19.1. The van der Waals surface area contributed by atoms with E-state index in [1.165, 1.54) is 6.07 Å². The molecule has 2 heterocycles. The van der Waals surface area contributed by atoms with Crippen molar-refractivity contribution in [2.75, 3.05) is 0 Å². The minimum Gasteiger partial charge on any atom is -0.293 e. The van der Waals surface area contributed by atoms with Crippen molar-refractivity contribution in [1.82, 2.24) is 15.0 Å². The van der Waals surface area contributed by atoms with Gasteiger partial charge in [0.25, 0.3) is 0 Å². The highest BCUT2D eigenvalue weighted by molar-refractivity contribution is 6.01. The number of benzene rings is 2. The van der Waals surface area contributed by atoms with Crippen LogP contribution >= 0.6 is 0 Å². The minimum atomic E-state index is -0.343. The van der Waals surface area contributed by atoms with Crippen LogP contribution in [0, 0.1) is 29.0 Å². The van der Waals surface area contributed by atoms with Crippen LogP contribution < -0.4 is 0 Å². The summed E-state index contributed by atoms with van der Waals surface area (Å²) in [6, 6.07) is 18.4. The average molecular weight is 461 g/mol. The summed E-state index contributed by atoms with van der Waals surface area (Å²) < 4.78 is 15.0. The summed E-state index contributed by atoms with van der Waals surface area (Å²) in [5.41, 5.74) is 4.51. The minimum absolute atomic E-state index is 0.0455. The summed E-state index contributed by atoms with van der Waals surface area (Å²) in [5.74, 6) is -0.383. The zero-order valence-electron chi connectivity index (χ0n) is 19.1. The molecule has 5 nitrogen and oxygen atoms in total. The van der Waals surface area contributed by atoms with Gasteiger partial charge in [-0.3, -0.25) is 9.78 Å². The highest BCUT2D eigenvalue weighted by Crippen LogP contribution is 2.47. The molecular formula is C29H21FN4O. The van der Waals surface area contributed by atoms with E-state index in [1.54, 1.807) is 30.5 Å². The van der Waals surface area contributed by atoms with Gasteiger partial charge in [0, 0.05) is 40.1 Å². The molecule has 6 heteroatoms. The fourth-order valence-corrected chi connectivity index (χ4v) is 5.49. The van der Waals surface area contributed by atoms with Crippen molar-refractivity contribution in [2.24, 2.45) is 11.8 Å². The lowest BCUT2D eigenvalue weighted by molar-refractivity contribution is -0.120. The molecule has 0 spiro atoms. The van der Waals surface area contributed by atoms with Crippen molar-refractivity contribution in [3.63, 3.8) is 0 Å². The Morgan fingerprint density at radius 1 is 1.09 bits per heavy atom. The van der Waals surface area contributed by atoms with Gasteiger partial charge in [0.2, 0.25) is 0 Å². The standard InChI is InChI=1S/C29H21FN4O/c1-16-20-9-10-22-26(21-6-2-3-7-24(21)30)33-29(18-8-11-25-17(13-18)5-4-12-32-25)34-27(22)23(20)14-19(15-31)28(16)35/h2-8,11-14,16,20,23H,9-10H2,1H3. The first-order valence-electron chi connectivity index (χ1n) is 11.7. The molecule has 0 radical (unpaired) electrons. The number of halogens is 1. The van der Waals surface area contributed by atoms with Gasteiger partial charge in [0.1, 0.15) is 11.9 Å². The third kappa shape index (κ3) is 3.43. The maximum absolute atomic E-state index is 15.0. The number of hydrogen-bond donors (Lipinski definition) is 0. The van der Waals surface area contributed by atoms with Gasteiger partial charge in [-0.2, -0.15) is 5.26 Å². The number of fused-ring (bicyclic) bond motifs is 4. The van der Waals surface area contributed by atoms with Gasteiger partial charge in [-0.1, -0.05) is 31.2 Å². The molecule has 0 N–H and O–H groups in total. The van der Waals surface area contributed by atoms with Crippen LogP contribution in [0.3, 0.4) is 0 Å². The lowest BCUT2D eigenvalue weighted by Crippen LogP contribution is -2.35. The van der Waals surface area contributed by atoms with Crippen LogP contribution in [0.25, 0.3) is 33.5 Å². The molecule has 170 valence electrons. The molecule has 35 heavy (non-hydrogen) atoms.